The monoisotopic (exact) mass is 410 g/mol. The maximum atomic E-state index is 12.8. The fourth-order valence-corrected chi connectivity index (χ4v) is 3.59. The number of esters is 1. The van der Waals surface area contributed by atoms with Crippen molar-refractivity contribution in [2.75, 3.05) is 20.7 Å². The second-order valence-electron chi connectivity index (χ2n) is 5.64. The number of benzene rings is 2. The lowest BCUT2D eigenvalue weighted by atomic mass is 10.2. The zero-order valence-electron chi connectivity index (χ0n) is 14.8. The van der Waals surface area contributed by atoms with E-state index in [0.29, 0.717) is 0 Å². The van der Waals surface area contributed by atoms with E-state index in [9.17, 15) is 18.0 Å². The normalized spacial score (nSPS) is 11.3. The molecule has 0 spiro atoms. The Bertz CT molecular complexity index is 932. The number of hydrogen-bond donors (Lipinski definition) is 1. The maximum absolute atomic E-state index is 12.8. The molecule has 0 saturated carbocycles. The number of carbonyl (C=O) groups is 2. The number of halogens is 1. The SMILES string of the molecule is CNC(=O)COC(=O)c1cc(S(=O)(=O)N(C)Cc2ccccc2)ccc1Cl. The molecule has 0 atom stereocenters. The number of carbonyl (C=O) groups excluding carboxylic acids is 2. The van der Waals surface area contributed by atoms with Crippen molar-refractivity contribution in [3.63, 3.8) is 0 Å². The molecule has 0 unspecified atom stereocenters. The number of nitrogens with zero attached hydrogens (tertiary/aromatic N) is 1. The largest absolute Gasteiger partial charge is 0.452 e. The van der Waals surface area contributed by atoms with Crippen molar-refractivity contribution in [2.45, 2.75) is 11.4 Å². The molecule has 2 rings (SSSR count). The molecule has 0 heterocycles. The van der Waals surface area contributed by atoms with Gasteiger partial charge < -0.3 is 10.1 Å². The standard InChI is InChI=1S/C18H19ClN2O5S/c1-20-17(22)12-26-18(23)15-10-14(8-9-16(15)19)27(24,25)21(2)11-13-6-4-3-5-7-13/h3-10H,11-12H2,1-2H3,(H,20,22). The van der Waals surface area contributed by atoms with Crippen molar-refractivity contribution in [1.29, 1.82) is 0 Å². The van der Waals surface area contributed by atoms with Crippen LogP contribution in [0, 0.1) is 0 Å². The summed E-state index contributed by atoms with van der Waals surface area (Å²) in [6.07, 6.45) is 0. The smallest absolute Gasteiger partial charge is 0.340 e. The Labute approximate surface area is 162 Å². The Morgan fingerprint density at radius 1 is 1.15 bits per heavy atom. The van der Waals surface area contributed by atoms with Crippen LogP contribution in [0.3, 0.4) is 0 Å². The van der Waals surface area contributed by atoms with Gasteiger partial charge in [0, 0.05) is 20.6 Å². The average Bonchev–Trinajstić information content (AvgIpc) is 2.66. The second kappa shape index (κ2) is 8.98. The van der Waals surface area contributed by atoms with Crippen molar-refractivity contribution < 1.29 is 22.7 Å². The number of rotatable bonds is 7. The second-order valence-corrected chi connectivity index (χ2v) is 8.09. The number of hydrogen-bond acceptors (Lipinski definition) is 5. The van der Waals surface area contributed by atoms with Gasteiger partial charge in [0.2, 0.25) is 10.0 Å². The molecule has 9 heteroatoms. The molecular weight excluding hydrogens is 392 g/mol. The van der Waals surface area contributed by atoms with E-state index in [1.54, 1.807) is 0 Å². The summed E-state index contributed by atoms with van der Waals surface area (Å²) in [5.41, 5.74) is 0.692. The van der Waals surface area contributed by atoms with Gasteiger partial charge in [-0.25, -0.2) is 13.2 Å². The average molecular weight is 411 g/mol. The Hall–Kier alpha value is -2.42. The maximum Gasteiger partial charge on any atom is 0.340 e. The minimum Gasteiger partial charge on any atom is -0.452 e. The molecule has 144 valence electrons. The lowest BCUT2D eigenvalue weighted by molar-refractivity contribution is -0.123. The first-order valence-corrected chi connectivity index (χ1v) is 9.75. The predicted octanol–water partition coefficient (Wildman–Crippen LogP) is 2.06. The summed E-state index contributed by atoms with van der Waals surface area (Å²) >= 11 is 5.99. The van der Waals surface area contributed by atoms with Gasteiger partial charge in [-0.2, -0.15) is 4.31 Å². The number of likely N-dealkylation sites (N-methyl/N-ethyl adjacent to an activating group) is 1. The van der Waals surface area contributed by atoms with Crippen LogP contribution in [0.1, 0.15) is 15.9 Å². The molecule has 0 radical (unpaired) electrons. The van der Waals surface area contributed by atoms with Crippen LogP contribution in [0.25, 0.3) is 0 Å². The topological polar surface area (TPSA) is 92.8 Å². The summed E-state index contributed by atoms with van der Waals surface area (Å²) in [6.45, 7) is -0.321. The zero-order valence-corrected chi connectivity index (χ0v) is 16.4. The van der Waals surface area contributed by atoms with Gasteiger partial charge in [-0.05, 0) is 23.8 Å². The molecule has 0 bridgehead atoms. The van der Waals surface area contributed by atoms with Crippen molar-refractivity contribution in [1.82, 2.24) is 9.62 Å². The van der Waals surface area contributed by atoms with E-state index < -0.39 is 28.5 Å². The molecule has 0 aromatic heterocycles. The van der Waals surface area contributed by atoms with Gasteiger partial charge >= 0.3 is 5.97 Å². The molecule has 7 nitrogen and oxygen atoms in total. The van der Waals surface area contributed by atoms with Crippen LogP contribution in [0.5, 0.6) is 0 Å². The third-order valence-electron chi connectivity index (χ3n) is 3.73. The van der Waals surface area contributed by atoms with Crippen LogP contribution in [-0.2, 0) is 26.1 Å². The van der Waals surface area contributed by atoms with Crippen LogP contribution < -0.4 is 5.32 Å². The Morgan fingerprint density at radius 2 is 1.81 bits per heavy atom. The van der Waals surface area contributed by atoms with Crippen LogP contribution in [0.4, 0.5) is 0 Å². The number of nitrogens with one attached hydrogen (secondary N) is 1. The lowest BCUT2D eigenvalue weighted by Crippen LogP contribution is -2.27. The highest BCUT2D eigenvalue weighted by atomic mass is 35.5. The Balaban J connectivity index is 2.24. The zero-order chi connectivity index (χ0) is 20.0. The highest BCUT2D eigenvalue weighted by molar-refractivity contribution is 7.89. The van der Waals surface area contributed by atoms with Gasteiger partial charge in [-0.15, -0.1) is 0 Å². The minimum absolute atomic E-state index is 0.0292. The molecule has 27 heavy (non-hydrogen) atoms. The van der Waals surface area contributed by atoms with E-state index in [-0.39, 0.29) is 22.0 Å². The van der Waals surface area contributed by atoms with Crippen LogP contribution in [0.15, 0.2) is 53.4 Å². The molecule has 0 aliphatic rings. The molecule has 0 aliphatic heterocycles. The van der Waals surface area contributed by atoms with Crippen LogP contribution in [0.2, 0.25) is 5.02 Å². The first-order valence-electron chi connectivity index (χ1n) is 7.93. The summed E-state index contributed by atoms with van der Waals surface area (Å²) < 4.78 is 31.6. The van der Waals surface area contributed by atoms with Crippen LogP contribution in [-0.4, -0.2) is 45.3 Å². The van der Waals surface area contributed by atoms with Gasteiger partial charge in [0.15, 0.2) is 6.61 Å². The number of amides is 1. The van der Waals surface area contributed by atoms with Crippen molar-refractivity contribution in [3.8, 4) is 0 Å². The Kier molecular flexibility index (Phi) is 6.95. The van der Waals surface area contributed by atoms with E-state index >= 15 is 0 Å². The van der Waals surface area contributed by atoms with Gasteiger partial charge in [0.1, 0.15) is 0 Å². The molecular formula is C18H19ClN2O5S. The van der Waals surface area contributed by atoms with Crippen molar-refractivity contribution >= 4 is 33.5 Å². The first kappa shape index (κ1) is 20.9. The van der Waals surface area contributed by atoms with E-state index in [0.717, 1.165) is 11.6 Å². The molecule has 1 N–H and O–H groups in total. The first-order chi connectivity index (χ1) is 12.8. The van der Waals surface area contributed by atoms with Crippen LogP contribution >= 0.6 is 11.6 Å². The van der Waals surface area contributed by atoms with E-state index in [4.69, 9.17) is 16.3 Å². The Morgan fingerprint density at radius 3 is 2.44 bits per heavy atom. The predicted molar refractivity (Wildman–Crippen MR) is 101 cm³/mol. The number of ether oxygens (including phenoxy) is 1. The quantitative estimate of drug-likeness (QED) is 0.705. The fourth-order valence-electron chi connectivity index (χ4n) is 2.21. The minimum atomic E-state index is -3.86. The summed E-state index contributed by atoms with van der Waals surface area (Å²) in [6, 6.07) is 12.9. The van der Waals surface area contributed by atoms with E-state index in [1.807, 2.05) is 30.3 Å². The van der Waals surface area contributed by atoms with Crippen molar-refractivity contribution in [2.24, 2.45) is 0 Å². The van der Waals surface area contributed by atoms with E-state index in [1.165, 1.54) is 30.5 Å². The molecule has 0 aliphatic carbocycles. The van der Waals surface area contributed by atoms with Gasteiger partial charge in [-0.3, -0.25) is 4.79 Å². The lowest BCUT2D eigenvalue weighted by Gasteiger charge is -2.18. The summed E-state index contributed by atoms with van der Waals surface area (Å²) in [7, 11) is -1.01. The van der Waals surface area contributed by atoms with E-state index in [2.05, 4.69) is 5.32 Å². The van der Waals surface area contributed by atoms with Gasteiger partial charge in [-0.1, -0.05) is 41.9 Å². The molecule has 1 amide bonds. The molecule has 2 aromatic carbocycles. The molecule has 2 aromatic rings. The third kappa shape index (κ3) is 5.29. The van der Waals surface area contributed by atoms with Crippen molar-refractivity contribution in [3.05, 3.63) is 64.7 Å². The highest BCUT2D eigenvalue weighted by Gasteiger charge is 2.24. The summed E-state index contributed by atoms with van der Waals surface area (Å²) in [5.74, 6) is -1.38. The number of sulfonamides is 1. The third-order valence-corrected chi connectivity index (χ3v) is 5.86. The van der Waals surface area contributed by atoms with Gasteiger partial charge in [0.05, 0.1) is 15.5 Å². The fraction of sp³-hybridized carbons (Fsp3) is 0.222. The summed E-state index contributed by atoms with van der Waals surface area (Å²) in [5, 5.41) is 2.34. The van der Waals surface area contributed by atoms with Gasteiger partial charge in [0.25, 0.3) is 5.91 Å². The molecule has 0 fully saturated rings. The highest BCUT2D eigenvalue weighted by Crippen LogP contribution is 2.24. The molecule has 0 saturated heterocycles. The summed E-state index contributed by atoms with van der Waals surface area (Å²) in [4.78, 5) is 23.2.